The second-order valence-electron chi connectivity index (χ2n) is 4.07. The van der Waals surface area contributed by atoms with Gasteiger partial charge in [0, 0.05) is 32.7 Å². The molecule has 0 aliphatic carbocycles. The highest BCUT2D eigenvalue weighted by molar-refractivity contribution is 5.51. The van der Waals surface area contributed by atoms with E-state index in [9.17, 15) is 4.79 Å². The summed E-state index contributed by atoms with van der Waals surface area (Å²) in [5.41, 5.74) is -0.202. The topological polar surface area (TPSA) is 29.5 Å². The SMILES string of the molecule is COC1(CC=O)CCN(C(C)C)C1. The molecule has 0 aromatic rings. The van der Waals surface area contributed by atoms with Gasteiger partial charge in [-0.1, -0.05) is 0 Å². The van der Waals surface area contributed by atoms with E-state index in [1.807, 2.05) is 0 Å². The van der Waals surface area contributed by atoms with Crippen molar-refractivity contribution in [2.45, 2.75) is 38.3 Å². The number of hydrogen-bond donors (Lipinski definition) is 0. The smallest absolute Gasteiger partial charge is 0.122 e. The van der Waals surface area contributed by atoms with Crippen molar-refractivity contribution < 1.29 is 9.53 Å². The van der Waals surface area contributed by atoms with E-state index in [4.69, 9.17) is 4.74 Å². The van der Waals surface area contributed by atoms with Crippen LogP contribution in [0.5, 0.6) is 0 Å². The summed E-state index contributed by atoms with van der Waals surface area (Å²) in [6.45, 7) is 6.28. The Kier molecular flexibility index (Phi) is 3.45. The quantitative estimate of drug-likeness (QED) is 0.614. The second-order valence-corrected chi connectivity index (χ2v) is 4.07. The van der Waals surface area contributed by atoms with E-state index >= 15 is 0 Å². The molecule has 0 saturated carbocycles. The van der Waals surface area contributed by atoms with Gasteiger partial charge in [0.25, 0.3) is 0 Å². The lowest BCUT2D eigenvalue weighted by molar-refractivity contribution is -0.113. The zero-order valence-corrected chi connectivity index (χ0v) is 8.75. The zero-order valence-electron chi connectivity index (χ0n) is 8.75. The van der Waals surface area contributed by atoms with Gasteiger partial charge in [0.15, 0.2) is 0 Å². The molecule has 1 unspecified atom stereocenters. The minimum absolute atomic E-state index is 0.202. The molecule has 1 fully saturated rings. The van der Waals surface area contributed by atoms with Crippen LogP contribution in [0.15, 0.2) is 0 Å². The van der Waals surface area contributed by atoms with Crippen molar-refractivity contribution >= 4 is 6.29 Å². The molecule has 1 rings (SSSR count). The fraction of sp³-hybridized carbons (Fsp3) is 0.900. The fourth-order valence-electron chi connectivity index (χ4n) is 1.88. The predicted molar refractivity (Wildman–Crippen MR) is 51.7 cm³/mol. The Bertz CT molecular complexity index is 182. The third-order valence-corrected chi connectivity index (χ3v) is 2.96. The summed E-state index contributed by atoms with van der Waals surface area (Å²) in [6, 6.07) is 0.545. The first-order chi connectivity index (χ1) is 6.13. The van der Waals surface area contributed by atoms with Crippen molar-refractivity contribution in [3.05, 3.63) is 0 Å². The van der Waals surface area contributed by atoms with Crippen molar-refractivity contribution in [3.63, 3.8) is 0 Å². The van der Waals surface area contributed by atoms with E-state index in [2.05, 4.69) is 18.7 Å². The Labute approximate surface area is 80.1 Å². The number of hydrogen-bond acceptors (Lipinski definition) is 3. The number of aldehydes is 1. The van der Waals surface area contributed by atoms with Gasteiger partial charge in [-0.15, -0.1) is 0 Å². The molecule has 0 bridgehead atoms. The molecule has 1 saturated heterocycles. The Morgan fingerprint density at radius 3 is 2.69 bits per heavy atom. The van der Waals surface area contributed by atoms with Crippen LogP contribution < -0.4 is 0 Å². The number of carbonyl (C=O) groups is 1. The minimum Gasteiger partial charge on any atom is -0.376 e. The summed E-state index contributed by atoms with van der Waals surface area (Å²) in [5, 5.41) is 0. The molecule has 0 N–H and O–H groups in total. The molecular weight excluding hydrogens is 166 g/mol. The number of likely N-dealkylation sites (tertiary alicyclic amines) is 1. The standard InChI is InChI=1S/C10H19NO2/c1-9(2)11-6-4-10(8-11,13-3)5-7-12/h7,9H,4-6,8H2,1-3H3. The third kappa shape index (κ3) is 2.29. The van der Waals surface area contributed by atoms with Gasteiger partial charge in [0.05, 0.1) is 5.60 Å². The lowest BCUT2D eigenvalue weighted by Crippen LogP contribution is -2.38. The maximum atomic E-state index is 10.5. The molecule has 1 heterocycles. The molecule has 0 radical (unpaired) electrons. The van der Waals surface area contributed by atoms with Gasteiger partial charge in [-0.25, -0.2) is 0 Å². The van der Waals surface area contributed by atoms with Crippen LogP contribution in [-0.4, -0.2) is 43.0 Å². The molecule has 1 aliphatic rings. The molecule has 0 aromatic carbocycles. The van der Waals surface area contributed by atoms with Gasteiger partial charge in [-0.05, 0) is 20.3 Å². The van der Waals surface area contributed by atoms with Gasteiger partial charge in [0.2, 0.25) is 0 Å². The highest BCUT2D eigenvalue weighted by atomic mass is 16.5. The van der Waals surface area contributed by atoms with Crippen LogP contribution in [0, 0.1) is 0 Å². The summed E-state index contributed by atoms with van der Waals surface area (Å²) in [6.07, 6.45) is 2.46. The van der Waals surface area contributed by atoms with Crippen LogP contribution in [0.25, 0.3) is 0 Å². The molecule has 3 heteroatoms. The van der Waals surface area contributed by atoms with Gasteiger partial charge in [-0.3, -0.25) is 4.90 Å². The molecule has 3 nitrogen and oxygen atoms in total. The molecule has 13 heavy (non-hydrogen) atoms. The lowest BCUT2D eigenvalue weighted by atomic mass is 10.00. The highest BCUT2D eigenvalue weighted by Gasteiger charge is 2.38. The molecular formula is C10H19NO2. The third-order valence-electron chi connectivity index (χ3n) is 2.96. The summed E-state index contributed by atoms with van der Waals surface area (Å²) in [4.78, 5) is 12.9. The van der Waals surface area contributed by atoms with Gasteiger partial charge in [0.1, 0.15) is 6.29 Å². The zero-order chi connectivity index (χ0) is 9.90. The number of methoxy groups -OCH3 is 1. The van der Waals surface area contributed by atoms with Crippen molar-refractivity contribution in [2.75, 3.05) is 20.2 Å². The molecule has 1 aliphatic heterocycles. The predicted octanol–water partition coefficient (Wildman–Crippen LogP) is 1.07. The largest absolute Gasteiger partial charge is 0.376 e. The Hall–Kier alpha value is -0.410. The number of ether oxygens (including phenoxy) is 1. The number of nitrogens with zero attached hydrogens (tertiary/aromatic N) is 1. The molecule has 0 aromatic heterocycles. The maximum absolute atomic E-state index is 10.5. The van der Waals surface area contributed by atoms with Crippen LogP contribution in [0.3, 0.4) is 0 Å². The van der Waals surface area contributed by atoms with Gasteiger partial charge < -0.3 is 9.53 Å². The average Bonchev–Trinajstić information content (AvgIpc) is 2.51. The van der Waals surface area contributed by atoms with E-state index in [-0.39, 0.29) is 5.60 Å². The first kappa shape index (κ1) is 10.7. The number of rotatable bonds is 4. The summed E-state index contributed by atoms with van der Waals surface area (Å²) < 4.78 is 5.45. The van der Waals surface area contributed by atoms with Crippen molar-refractivity contribution in [2.24, 2.45) is 0 Å². The minimum atomic E-state index is -0.202. The van der Waals surface area contributed by atoms with Crippen LogP contribution >= 0.6 is 0 Å². The summed E-state index contributed by atoms with van der Waals surface area (Å²) >= 11 is 0. The summed E-state index contributed by atoms with van der Waals surface area (Å²) in [5.74, 6) is 0. The van der Waals surface area contributed by atoms with Crippen molar-refractivity contribution in [1.82, 2.24) is 4.90 Å². The molecule has 76 valence electrons. The summed E-state index contributed by atoms with van der Waals surface area (Å²) in [7, 11) is 1.70. The second kappa shape index (κ2) is 4.20. The van der Waals surface area contributed by atoms with Crippen LogP contribution in [0.4, 0.5) is 0 Å². The van der Waals surface area contributed by atoms with E-state index < -0.39 is 0 Å². The fourth-order valence-corrected chi connectivity index (χ4v) is 1.88. The Morgan fingerprint density at radius 1 is 1.62 bits per heavy atom. The molecule has 0 amide bonds. The molecule has 1 atom stereocenters. The monoisotopic (exact) mass is 185 g/mol. The molecule has 0 spiro atoms. The maximum Gasteiger partial charge on any atom is 0.122 e. The highest BCUT2D eigenvalue weighted by Crippen LogP contribution is 2.28. The number of carbonyl (C=O) groups excluding carboxylic acids is 1. The average molecular weight is 185 g/mol. The van der Waals surface area contributed by atoms with E-state index in [1.165, 1.54) is 0 Å². The van der Waals surface area contributed by atoms with Crippen molar-refractivity contribution in [1.29, 1.82) is 0 Å². The lowest BCUT2D eigenvalue weighted by Gasteiger charge is -2.27. The van der Waals surface area contributed by atoms with E-state index in [0.29, 0.717) is 12.5 Å². The Balaban J connectivity index is 2.57. The van der Waals surface area contributed by atoms with Crippen LogP contribution in [0.1, 0.15) is 26.7 Å². The van der Waals surface area contributed by atoms with Crippen LogP contribution in [-0.2, 0) is 9.53 Å². The first-order valence-corrected chi connectivity index (χ1v) is 4.86. The van der Waals surface area contributed by atoms with Crippen LogP contribution in [0.2, 0.25) is 0 Å². The first-order valence-electron chi connectivity index (χ1n) is 4.86. The van der Waals surface area contributed by atoms with Crippen molar-refractivity contribution in [3.8, 4) is 0 Å². The normalized spacial score (nSPS) is 29.8. The van der Waals surface area contributed by atoms with Gasteiger partial charge >= 0.3 is 0 Å². The Morgan fingerprint density at radius 2 is 2.31 bits per heavy atom. The van der Waals surface area contributed by atoms with Gasteiger partial charge in [-0.2, -0.15) is 0 Å². The van der Waals surface area contributed by atoms with E-state index in [1.54, 1.807) is 7.11 Å². The van der Waals surface area contributed by atoms with E-state index in [0.717, 1.165) is 25.8 Å².